The van der Waals surface area contributed by atoms with Crippen LogP contribution in [0, 0.1) is 0 Å². The number of rotatable bonds is 9. The molecule has 0 aliphatic carbocycles. The van der Waals surface area contributed by atoms with Gasteiger partial charge < -0.3 is 30.1 Å². The van der Waals surface area contributed by atoms with Gasteiger partial charge in [-0.3, -0.25) is 9.59 Å². The minimum atomic E-state index is -0.231. The summed E-state index contributed by atoms with van der Waals surface area (Å²) in [6, 6.07) is 11.7. The summed E-state index contributed by atoms with van der Waals surface area (Å²) >= 11 is 6.50. The fourth-order valence-electron chi connectivity index (χ4n) is 5.98. The standard InChI is InChI=1S/C32H39ClN8O3/c1-21-25-7-6-22(30-27(33)19-35-32(38-30)37-24-9-16-44-17-10-24)18-26(25)31(43)41(21)20-29(42)34-11-8-23-4-3-5-28(36-23)40-14-12-39(2)13-15-40/h3-7,18-19,21,24H,8-17,20H2,1-2H3,(H,34,42)(H,35,37,38)/t21-/m1/s1. The minimum absolute atomic E-state index is 0.0216. The predicted octanol–water partition coefficient (Wildman–Crippen LogP) is 3.41. The molecule has 44 heavy (non-hydrogen) atoms. The molecule has 6 rings (SSSR count). The molecule has 0 bridgehead atoms. The third-order valence-corrected chi connectivity index (χ3v) is 8.95. The van der Waals surface area contributed by atoms with E-state index in [0.29, 0.717) is 48.4 Å². The summed E-state index contributed by atoms with van der Waals surface area (Å²) in [6.45, 7) is 7.73. The Morgan fingerprint density at radius 2 is 1.89 bits per heavy atom. The van der Waals surface area contributed by atoms with E-state index in [9.17, 15) is 9.59 Å². The summed E-state index contributed by atoms with van der Waals surface area (Å²) in [4.78, 5) is 46.5. The van der Waals surface area contributed by atoms with Crippen LogP contribution in [0.3, 0.4) is 0 Å². The number of hydrogen-bond acceptors (Lipinski definition) is 9. The molecule has 1 aromatic carbocycles. The number of fused-ring (bicyclic) bond motifs is 1. The Morgan fingerprint density at radius 3 is 2.68 bits per heavy atom. The summed E-state index contributed by atoms with van der Waals surface area (Å²) in [5.74, 6) is 1.09. The zero-order valence-electron chi connectivity index (χ0n) is 25.3. The molecule has 232 valence electrons. The van der Waals surface area contributed by atoms with Gasteiger partial charge in [-0.1, -0.05) is 29.8 Å². The van der Waals surface area contributed by atoms with Gasteiger partial charge in [0, 0.05) is 75.2 Å². The molecule has 0 unspecified atom stereocenters. The molecule has 3 aliphatic rings. The first-order valence-corrected chi connectivity index (χ1v) is 15.7. The van der Waals surface area contributed by atoms with Crippen molar-refractivity contribution < 1.29 is 14.3 Å². The van der Waals surface area contributed by atoms with E-state index < -0.39 is 0 Å². The van der Waals surface area contributed by atoms with E-state index in [-0.39, 0.29) is 30.4 Å². The minimum Gasteiger partial charge on any atom is -0.381 e. The van der Waals surface area contributed by atoms with Gasteiger partial charge in [-0.25, -0.2) is 15.0 Å². The SMILES string of the molecule is C[C@@H]1c2ccc(-c3nc(NC4CCOCC4)ncc3Cl)cc2C(=O)N1CC(=O)NCCc1cccc(N2CCN(C)CC2)n1. The van der Waals surface area contributed by atoms with E-state index in [2.05, 4.69) is 37.4 Å². The van der Waals surface area contributed by atoms with Crippen LogP contribution in [-0.2, 0) is 16.0 Å². The van der Waals surface area contributed by atoms with Crippen LogP contribution in [0.15, 0.2) is 42.6 Å². The molecule has 2 aromatic heterocycles. The van der Waals surface area contributed by atoms with Crippen LogP contribution in [0.25, 0.3) is 11.3 Å². The lowest BCUT2D eigenvalue weighted by Crippen LogP contribution is -2.44. The van der Waals surface area contributed by atoms with Gasteiger partial charge >= 0.3 is 0 Å². The van der Waals surface area contributed by atoms with Gasteiger partial charge in [-0.2, -0.15) is 0 Å². The van der Waals surface area contributed by atoms with Crippen molar-refractivity contribution in [1.82, 2.24) is 30.1 Å². The van der Waals surface area contributed by atoms with Crippen LogP contribution < -0.4 is 15.5 Å². The molecule has 0 radical (unpaired) electrons. The average molecular weight is 619 g/mol. The number of piperazine rings is 1. The largest absolute Gasteiger partial charge is 0.381 e. The molecule has 5 heterocycles. The normalized spacial score (nSPS) is 19.2. The number of pyridine rings is 1. The Balaban J connectivity index is 1.06. The van der Waals surface area contributed by atoms with Crippen LogP contribution in [0.5, 0.6) is 0 Å². The lowest BCUT2D eigenvalue weighted by Gasteiger charge is -2.33. The van der Waals surface area contributed by atoms with Gasteiger partial charge in [-0.15, -0.1) is 0 Å². The van der Waals surface area contributed by atoms with Crippen molar-refractivity contribution >= 4 is 35.2 Å². The first kappa shape index (κ1) is 30.2. The molecule has 2 N–H and O–H groups in total. The van der Waals surface area contributed by atoms with Crippen molar-refractivity contribution in [2.24, 2.45) is 0 Å². The van der Waals surface area contributed by atoms with E-state index >= 15 is 0 Å². The Morgan fingerprint density at radius 1 is 1.09 bits per heavy atom. The summed E-state index contributed by atoms with van der Waals surface area (Å²) in [6.07, 6.45) is 3.97. The lowest BCUT2D eigenvalue weighted by molar-refractivity contribution is -0.122. The first-order chi connectivity index (χ1) is 21.4. The van der Waals surface area contributed by atoms with E-state index in [1.54, 1.807) is 11.1 Å². The maximum absolute atomic E-state index is 13.5. The molecule has 3 aromatic rings. The molecule has 11 nitrogen and oxygen atoms in total. The smallest absolute Gasteiger partial charge is 0.255 e. The quantitative estimate of drug-likeness (QED) is 0.372. The second-order valence-corrected chi connectivity index (χ2v) is 12.1. The number of ether oxygens (including phenoxy) is 1. The van der Waals surface area contributed by atoms with Gasteiger partial charge in [0.15, 0.2) is 0 Å². The number of halogens is 1. The Bertz CT molecular complexity index is 1510. The highest BCUT2D eigenvalue weighted by atomic mass is 35.5. The zero-order valence-corrected chi connectivity index (χ0v) is 26.0. The maximum atomic E-state index is 13.5. The molecule has 2 fully saturated rings. The number of nitrogens with zero attached hydrogens (tertiary/aromatic N) is 6. The number of carbonyl (C=O) groups is 2. The fourth-order valence-corrected chi connectivity index (χ4v) is 6.18. The number of likely N-dealkylation sites (N-methyl/N-ethyl adjacent to an activating group) is 1. The zero-order chi connectivity index (χ0) is 30.6. The van der Waals surface area contributed by atoms with Gasteiger partial charge in [0.25, 0.3) is 5.91 Å². The second-order valence-electron chi connectivity index (χ2n) is 11.7. The fraction of sp³-hybridized carbons (Fsp3) is 0.469. The molecular formula is C32H39ClN8O3. The van der Waals surface area contributed by atoms with Crippen LogP contribution in [0.2, 0.25) is 5.02 Å². The molecule has 0 saturated carbocycles. The van der Waals surface area contributed by atoms with E-state index in [1.165, 1.54) is 0 Å². The second kappa shape index (κ2) is 13.5. The Labute approximate surface area is 263 Å². The summed E-state index contributed by atoms with van der Waals surface area (Å²) < 4.78 is 5.44. The summed E-state index contributed by atoms with van der Waals surface area (Å²) in [5, 5.41) is 6.75. The average Bonchev–Trinajstić information content (AvgIpc) is 3.27. The third kappa shape index (κ3) is 6.80. The highest BCUT2D eigenvalue weighted by Crippen LogP contribution is 2.37. The van der Waals surface area contributed by atoms with Crippen molar-refractivity contribution in [2.75, 3.05) is 69.7 Å². The van der Waals surface area contributed by atoms with Gasteiger partial charge in [-0.05, 0) is 50.6 Å². The Kier molecular flexibility index (Phi) is 9.25. The lowest BCUT2D eigenvalue weighted by atomic mass is 10.0. The molecule has 1 atom stereocenters. The third-order valence-electron chi connectivity index (χ3n) is 8.67. The van der Waals surface area contributed by atoms with E-state index in [4.69, 9.17) is 21.3 Å². The van der Waals surface area contributed by atoms with Crippen molar-refractivity contribution in [3.63, 3.8) is 0 Å². The molecule has 12 heteroatoms. The van der Waals surface area contributed by atoms with Crippen LogP contribution in [0.1, 0.15) is 47.4 Å². The summed E-state index contributed by atoms with van der Waals surface area (Å²) in [7, 11) is 2.13. The molecule has 2 saturated heterocycles. The molecular weight excluding hydrogens is 580 g/mol. The van der Waals surface area contributed by atoms with Gasteiger partial charge in [0.2, 0.25) is 11.9 Å². The number of benzene rings is 1. The highest BCUT2D eigenvalue weighted by molar-refractivity contribution is 6.33. The van der Waals surface area contributed by atoms with Crippen molar-refractivity contribution in [1.29, 1.82) is 0 Å². The van der Waals surface area contributed by atoms with Crippen molar-refractivity contribution in [2.45, 2.75) is 38.3 Å². The van der Waals surface area contributed by atoms with Crippen molar-refractivity contribution in [3.05, 3.63) is 64.4 Å². The number of aromatic nitrogens is 3. The van der Waals surface area contributed by atoms with Gasteiger partial charge in [0.05, 0.1) is 23.0 Å². The van der Waals surface area contributed by atoms with Crippen LogP contribution in [0.4, 0.5) is 11.8 Å². The number of carbonyl (C=O) groups excluding carboxylic acids is 2. The van der Waals surface area contributed by atoms with Crippen molar-refractivity contribution in [3.8, 4) is 11.3 Å². The van der Waals surface area contributed by atoms with E-state index in [1.807, 2.05) is 43.3 Å². The summed E-state index contributed by atoms with van der Waals surface area (Å²) in [5.41, 5.74) is 3.65. The van der Waals surface area contributed by atoms with Gasteiger partial charge in [0.1, 0.15) is 12.4 Å². The highest BCUT2D eigenvalue weighted by Gasteiger charge is 2.35. The topological polar surface area (TPSA) is 116 Å². The number of anilines is 2. The predicted molar refractivity (Wildman–Crippen MR) is 170 cm³/mol. The number of hydrogen-bond donors (Lipinski definition) is 2. The van der Waals surface area contributed by atoms with E-state index in [0.717, 1.165) is 61.7 Å². The molecule has 0 spiro atoms. The van der Waals surface area contributed by atoms with Crippen LogP contribution in [-0.4, -0.2) is 102 Å². The number of nitrogens with one attached hydrogen (secondary N) is 2. The van der Waals surface area contributed by atoms with Crippen LogP contribution >= 0.6 is 11.6 Å². The monoisotopic (exact) mass is 618 g/mol. The first-order valence-electron chi connectivity index (χ1n) is 15.3. The maximum Gasteiger partial charge on any atom is 0.255 e. The molecule has 3 aliphatic heterocycles. The molecule has 2 amide bonds. The number of amides is 2. The Hall–Kier alpha value is -3.80.